The fraction of sp³-hybridized carbons (Fsp3) is 0.391. The van der Waals surface area contributed by atoms with Crippen molar-refractivity contribution >= 4 is 12.1 Å². The van der Waals surface area contributed by atoms with Crippen molar-refractivity contribution in [1.29, 1.82) is 0 Å². The van der Waals surface area contributed by atoms with Gasteiger partial charge in [-0.3, -0.25) is 0 Å². The first-order chi connectivity index (χ1) is 14.1. The lowest BCUT2D eigenvalue weighted by Gasteiger charge is -2.25. The van der Waals surface area contributed by atoms with Crippen LogP contribution in [-0.4, -0.2) is 43.0 Å². The van der Waals surface area contributed by atoms with Crippen LogP contribution >= 0.6 is 0 Å². The Labute approximate surface area is 169 Å². The fourth-order valence-corrected chi connectivity index (χ4v) is 4.33. The predicted molar refractivity (Wildman–Crippen MR) is 108 cm³/mol. The number of rotatable bonds is 6. The van der Waals surface area contributed by atoms with Crippen LogP contribution < -0.4 is 5.32 Å². The minimum atomic E-state index is -1.05. The van der Waals surface area contributed by atoms with E-state index in [1.807, 2.05) is 36.4 Å². The highest BCUT2D eigenvalue weighted by Gasteiger charge is 2.30. The average molecular weight is 395 g/mol. The molecule has 0 aromatic heterocycles. The van der Waals surface area contributed by atoms with Crippen LogP contribution in [-0.2, 0) is 14.3 Å². The molecule has 6 heteroatoms. The molecule has 1 aliphatic carbocycles. The van der Waals surface area contributed by atoms with Crippen molar-refractivity contribution in [3.05, 3.63) is 59.7 Å². The summed E-state index contributed by atoms with van der Waals surface area (Å²) in [5.41, 5.74) is 4.54. The summed E-state index contributed by atoms with van der Waals surface area (Å²) in [5, 5.41) is 12.0. The molecule has 0 bridgehead atoms. The average Bonchev–Trinajstić information content (AvgIpc) is 3.06. The highest BCUT2D eigenvalue weighted by Crippen LogP contribution is 2.44. The zero-order chi connectivity index (χ0) is 20.2. The Kier molecular flexibility index (Phi) is 5.81. The molecule has 2 atom stereocenters. The van der Waals surface area contributed by atoms with Crippen LogP contribution in [0.3, 0.4) is 0 Å². The molecule has 0 saturated carbocycles. The van der Waals surface area contributed by atoms with Crippen LogP contribution in [0.2, 0.25) is 0 Å². The highest BCUT2D eigenvalue weighted by molar-refractivity contribution is 5.81. The first-order valence-electron chi connectivity index (χ1n) is 10.1. The number of nitrogens with one attached hydrogen (secondary N) is 1. The molecule has 1 saturated heterocycles. The summed E-state index contributed by atoms with van der Waals surface area (Å²) < 4.78 is 10.9. The number of carboxylic acids is 1. The molecule has 1 heterocycles. The van der Waals surface area contributed by atoms with Gasteiger partial charge in [0.15, 0.2) is 0 Å². The molecule has 152 valence electrons. The Morgan fingerprint density at radius 1 is 1.10 bits per heavy atom. The third-order valence-electron chi connectivity index (χ3n) is 5.76. The highest BCUT2D eigenvalue weighted by atomic mass is 16.5. The number of carbonyl (C=O) groups is 2. The van der Waals surface area contributed by atoms with Gasteiger partial charge in [-0.25, -0.2) is 9.59 Å². The van der Waals surface area contributed by atoms with Gasteiger partial charge in [-0.05, 0) is 47.4 Å². The molecule has 29 heavy (non-hydrogen) atoms. The lowest BCUT2D eigenvalue weighted by Crippen LogP contribution is -2.43. The van der Waals surface area contributed by atoms with Gasteiger partial charge in [0.05, 0.1) is 0 Å². The second kappa shape index (κ2) is 8.66. The molecule has 2 aromatic rings. The smallest absolute Gasteiger partial charge is 0.407 e. The molecular formula is C23H25NO5. The molecule has 1 fully saturated rings. The fourth-order valence-electron chi connectivity index (χ4n) is 4.33. The van der Waals surface area contributed by atoms with E-state index < -0.39 is 18.1 Å². The number of hydrogen-bond donors (Lipinski definition) is 2. The Hall–Kier alpha value is -2.86. The first kappa shape index (κ1) is 19.5. The second-order valence-corrected chi connectivity index (χ2v) is 7.68. The number of alkyl carbamates (subject to hydrolysis) is 1. The molecular weight excluding hydrogens is 370 g/mol. The van der Waals surface area contributed by atoms with Gasteiger partial charge < -0.3 is 19.9 Å². The van der Waals surface area contributed by atoms with Crippen molar-refractivity contribution in [2.75, 3.05) is 19.8 Å². The van der Waals surface area contributed by atoms with Crippen molar-refractivity contribution in [3.63, 3.8) is 0 Å². The van der Waals surface area contributed by atoms with Gasteiger partial charge in [0.2, 0.25) is 0 Å². The Balaban J connectivity index is 1.39. The van der Waals surface area contributed by atoms with Gasteiger partial charge in [0.1, 0.15) is 12.6 Å². The van der Waals surface area contributed by atoms with Gasteiger partial charge in [-0.2, -0.15) is 0 Å². The number of hydrogen-bond acceptors (Lipinski definition) is 4. The molecule has 2 aliphatic rings. The zero-order valence-electron chi connectivity index (χ0n) is 16.2. The standard InChI is InChI=1S/C23H25NO5/c25-22(26)21(12-15-6-5-11-28-13-15)24-23(27)29-14-20-18-9-3-1-7-16(18)17-8-2-4-10-19(17)20/h1-4,7-10,15,20-21H,5-6,11-14H2,(H,24,27)(H,25,26)/t15?,21-/m0/s1. The quantitative estimate of drug-likeness (QED) is 0.777. The topological polar surface area (TPSA) is 84.9 Å². The SMILES string of the molecule is O=C(N[C@@H](CC1CCCOC1)C(=O)O)OCC1c2ccccc2-c2ccccc21. The summed E-state index contributed by atoms with van der Waals surface area (Å²) in [5.74, 6) is -0.967. The van der Waals surface area contributed by atoms with Gasteiger partial charge in [0, 0.05) is 19.1 Å². The maximum atomic E-state index is 12.4. The third kappa shape index (κ3) is 4.27. The molecule has 1 aliphatic heterocycles. The lowest BCUT2D eigenvalue weighted by molar-refractivity contribution is -0.140. The molecule has 4 rings (SSSR count). The van der Waals surface area contributed by atoms with Crippen LogP contribution in [0.1, 0.15) is 36.3 Å². The van der Waals surface area contributed by atoms with Gasteiger partial charge in [0.25, 0.3) is 0 Å². The van der Waals surface area contributed by atoms with E-state index in [1.54, 1.807) is 0 Å². The van der Waals surface area contributed by atoms with E-state index in [1.165, 1.54) is 0 Å². The molecule has 1 unspecified atom stereocenters. The summed E-state index contributed by atoms with van der Waals surface area (Å²) in [6, 6.07) is 15.2. The van der Waals surface area contributed by atoms with Crippen molar-refractivity contribution < 1.29 is 24.2 Å². The van der Waals surface area contributed by atoms with Gasteiger partial charge in [-0.1, -0.05) is 48.5 Å². The van der Waals surface area contributed by atoms with Gasteiger partial charge >= 0.3 is 12.1 Å². The van der Waals surface area contributed by atoms with Crippen molar-refractivity contribution in [3.8, 4) is 11.1 Å². The Morgan fingerprint density at radius 3 is 2.34 bits per heavy atom. The molecule has 0 spiro atoms. The van der Waals surface area contributed by atoms with E-state index in [0.717, 1.165) is 35.1 Å². The van der Waals surface area contributed by atoms with Crippen molar-refractivity contribution in [2.45, 2.75) is 31.2 Å². The normalized spacial score (nSPS) is 19.1. The first-order valence-corrected chi connectivity index (χ1v) is 10.1. The minimum absolute atomic E-state index is 0.0526. The molecule has 2 aromatic carbocycles. The van der Waals surface area contributed by atoms with Crippen LogP contribution in [0.4, 0.5) is 4.79 Å². The lowest BCUT2D eigenvalue weighted by atomic mass is 9.94. The number of ether oxygens (including phenoxy) is 2. The summed E-state index contributed by atoms with van der Waals surface area (Å²) in [4.78, 5) is 23.9. The van der Waals surface area contributed by atoms with E-state index in [4.69, 9.17) is 9.47 Å². The maximum Gasteiger partial charge on any atom is 0.407 e. The number of fused-ring (bicyclic) bond motifs is 3. The van der Waals surface area contributed by atoms with E-state index in [-0.39, 0.29) is 18.4 Å². The van der Waals surface area contributed by atoms with Crippen LogP contribution in [0.25, 0.3) is 11.1 Å². The number of amides is 1. The molecule has 6 nitrogen and oxygen atoms in total. The minimum Gasteiger partial charge on any atom is -0.480 e. The Morgan fingerprint density at radius 2 is 1.76 bits per heavy atom. The molecule has 1 amide bonds. The number of aliphatic carboxylic acids is 1. The number of benzene rings is 2. The second-order valence-electron chi connectivity index (χ2n) is 7.68. The van der Waals surface area contributed by atoms with Crippen LogP contribution in [0.5, 0.6) is 0 Å². The third-order valence-corrected chi connectivity index (χ3v) is 5.76. The van der Waals surface area contributed by atoms with Crippen molar-refractivity contribution in [2.24, 2.45) is 5.92 Å². The van der Waals surface area contributed by atoms with E-state index in [2.05, 4.69) is 17.4 Å². The summed E-state index contributed by atoms with van der Waals surface area (Å²) in [6.45, 7) is 1.42. The van der Waals surface area contributed by atoms with Crippen molar-refractivity contribution in [1.82, 2.24) is 5.32 Å². The predicted octanol–water partition coefficient (Wildman–Crippen LogP) is 3.80. The molecule has 2 N–H and O–H groups in total. The summed E-state index contributed by atoms with van der Waals surface area (Å²) >= 11 is 0. The number of carboxylic acid groups (broad SMARTS) is 1. The van der Waals surface area contributed by atoms with Gasteiger partial charge in [-0.15, -0.1) is 0 Å². The summed E-state index contributed by atoms with van der Waals surface area (Å²) in [7, 11) is 0. The van der Waals surface area contributed by atoms with E-state index >= 15 is 0 Å². The molecule has 0 radical (unpaired) electrons. The maximum absolute atomic E-state index is 12.4. The zero-order valence-corrected chi connectivity index (χ0v) is 16.2. The summed E-state index contributed by atoms with van der Waals surface area (Å²) in [6.07, 6.45) is 1.48. The number of carbonyl (C=O) groups excluding carboxylic acids is 1. The van der Waals surface area contributed by atoms with Crippen LogP contribution in [0.15, 0.2) is 48.5 Å². The largest absolute Gasteiger partial charge is 0.480 e. The van der Waals surface area contributed by atoms with E-state index in [9.17, 15) is 14.7 Å². The Bertz CT molecular complexity index is 845. The van der Waals surface area contributed by atoms with E-state index in [0.29, 0.717) is 19.6 Å². The van der Waals surface area contributed by atoms with Crippen LogP contribution in [0, 0.1) is 5.92 Å². The monoisotopic (exact) mass is 395 g/mol.